The summed E-state index contributed by atoms with van der Waals surface area (Å²) in [6.07, 6.45) is 3.85. The number of hydrogen-bond acceptors (Lipinski definition) is 1. The van der Waals surface area contributed by atoms with Gasteiger partial charge in [-0.2, -0.15) is 0 Å². The molecule has 0 bridgehead atoms. The Morgan fingerprint density at radius 1 is 1.27 bits per heavy atom. The van der Waals surface area contributed by atoms with E-state index >= 15 is 0 Å². The average Bonchev–Trinajstić information content (AvgIpc) is 2.76. The van der Waals surface area contributed by atoms with Gasteiger partial charge < -0.3 is 5.10 Å². The number of nitrogens with one attached hydrogen (secondary N) is 1. The molecule has 3 rings (SSSR count). The molecule has 0 aliphatic carbocycles. The van der Waals surface area contributed by atoms with Crippen LogP contribution in [-0.4, -0.2) is 14.6 Å². The van der Waals surface area contributed by atoms with Gasteiger partial charge in [0, 0.05) is 22.3 Å². The second kappa shape index (κ2) is 3.24. The van der Waals surface area contributed by atoms with Crippen molar-refractivity contribution < 1.29 is 0 Å². The van der Waals surface area contributed by atoms with E-state index in [1.165, 1.54) is 0 Å². The van der Waals surface area contributed by atoms with Crippen LogP contribution in [0, 0.1) is 0 Å². The Morgan fingerprint density at radius 2 is 2.20 bits per heavy atom. The molecule has 0 saturated heterocycles. The maximum atomic E-state index is 4.49. The second-order valence-corrected chi connectivity index (χ2v) is 4.24. The van der Waals surface area contributed by atoms with Crippen molar-refractivity contribution in [3.63, 3.8) is 0 Å². The molecule has 2 heterocycles. The first-order valence-corrected chi connectivity index (χ1v) is 5.41. The van der Waals surface area contributed by atoms with Crippen LogP contribution >= 0.6 is 15.9 Å². The van der Waals surface area contributed by atoms with Crippen LogP contribution in [0.15, 0.2) is 47.2 Å². The molecule has 15 heavy (non-hydrogen) atoms. The molecule has 3 aromatic rings. The molecule has 0 radical (unpaired) electrons. The summed E-state index contributed by atoms with van der Waals surface area (Å²) >= 11 is 3.45. The standard InChI is InChI=1S/C11H8BrN3/c12-9-3-1-2-8(6-9)10-7-15-11(14-10)4-5-13-15/h1-7,13H. The largest absolute Gasteiger partial charge is 0.300 e. The van der Waals surface area contributed by atoms with E-state index in [9.17, 15) is 0 Å². The van der Waals surface area contributed by atoms with Crippen molar-refractivity contribution in [2.75, 3.05) is 0 Å². The van der Waals surface area contributed by atoms with Gasteiger partial charge in [0.25, 0.3) is 0 Å². The van der Waals surface area contributed by atoms with Gasteiger partial charge in [-0.1, -0.05) is 28.1 Å². The van der Waals surface area contributed by atoms with E-state index in [0.29, 0.717) is 0 Å². The summed E-state index contributed by atoms with van der Waals surface area (Å²) in [7, 11) is 0. The molecule has 0 aliphatic rings. The summed E-state index contributed by atoms with van der Waals surface area (Å²) in [5.41, 5.74) is 3.02. The third-order valence-corrected chi connectivity index (χ3v) is 2.79. The number of halogens is 1. The highest BCUT2D eigenvalue weighted by Gasteiger charge is 2.04. The highest BCUT2D eigenvalue weighted by molar-refractivity contribution is 9.10. The first-order chi connectivity index (χ1) is 7.33. The molecule has 2 aromatic heterocycles. The molecule has 4 heteroatoms. The number of rotatable bonds is 1. The van der Waals surface area contributed by atoms with Gasteiger partial charge in [-0.05, 0) is 12.1 Å². The Labute approximate surface area is 94.9 Å². The summed E-state index contributed by atoms with van der Waals surface area (Å²) in [4.78, 5) is 4.49. The number of imidazole rings is 1. The number of benzene rings is 1. The number of nitrogens with zero attached hydrogens (tertiary/aromatic N) is 2. The monoisotopic (exact) mass is 261 g/mol. The minimum absolute atomic E-state index is 0.935. The molecule has 0 spiro atoms. The normalized spacial score (nSPS) is 11.0. The van der Waals surface area contributed by atoms with Gasteiger partial charge in [0.2, 0.25) is 0 Å². The van der Waals surface area contributed by atoms with Gasteiger partial charge in [-0.3, -0.25) is 0 Å². The Morgan fingerprint density at radius 3 is 3.00 bits per heavy atom. The molecule has 3 nitrogen and oxygen atoms in total. The summed E-state index contributed by atoms with van der Waals surface area (Å²) in [5.74, 6) is 0. The van der Waals surface area contributed by atoms with Crippen molar-refractivity contribution in [2.24, 2.45) is 0 Å². The summed E-state index contributed by atoms with van der Waals surface area (Å²) in [6, 6.07) is 10.1. The van der Waals surface area contributed by atoms with E-state index in [4.69, 9.17) is 0 Å². The van der Waals surface area contributed by atoms with E-state index in [1.807, 2.05) is 41.2 Å². The smallest absolute Gasteiger partial charge is 0.153 e. The van der Waals surface area contributed by atoms with Gasteiger partial charge in [0.15, 0.2) is 5.65 Å². The number of aromatic nitrogens is 3. The highest BCUT2D eigenvalue weighted by atomic mass is 79.9. The zero-order chi connectivity index (χ0) is 10.3. The SMILES string of the molecule is Brc1cccc(-c2cn3[nH]ccc3n2)c1. The molecular weight excluding hydrogens is 254 g/mol. The van der Waals surface area contributed by atoms with Gasteiger partial charge in [-0.15, -0.1) is 0 Å². The molecule has 0 fully saturated rings. The number of aromatic amines is 1. The van der Waals surface area contributed by atoms with Crippen LogP contribution in [0.3, 0.4) is 0 Å². The highest BCUT2D eigenvalue weighted by Crippen LogP contribution is 2.22. The van der Waals surface area contributed by atoms with Crippen LogP contribution in [0.4, 0.5) is 0 Å². The lowest BCUT2D eigenvalue weighted by Gasteiger charge is -1.95. The van der Waals surface area contributed by atoms with Crippen molar-refractivity contribution in [3.05, 3.63) is 47.2 Å². The molecule has 74 valence electrons. The number of hydrogen-bond donors (Lipinski definition) is 1. The van der Waals surface area contributed by atoms with Gasteiger partial charge >= 0.3 is 0 Å². The third kappa shape index (κ3) is 1.47. The average molecular weight is 262 g/mol. The van der Waals surface area contributed by atoms with Crippen LogP contribution in [-0.2, 0) is 0 Å². The Hall–Kier alpha value is -1.55. The summed E-state index contributed by atoms with van der Waals surface area (Å²) < 4.78 is 2.97. The zero-order valence-corrected chi connectivity index (χ0v) is 9.40. The molecule has 1 N–H and O–H groups in total. The molecule has 0 saturated carbocycles. The van der Waals surface area contributed by atoms with Crippen molar-refractivity contribution in [3.8, 4) is 11.3 Å². The lowest BCUT2D eigenvalue weighted by atomic mass is 10.2. The van der Waals surface area contributed by atoms with E-state index in [-0.39, 0.29) is 0 Å². The van der Waals surface area contributed by atoms with E-state index in [2.05, 4.69) is 32.1 Å². The topological polar surface area (TPSA) is 33.1 Å². The Kier molecular flexibility index (Phi) is 1.89. The van der Waals surface area contributed by atoms with Gasteiger partial charge in [-0.25, -0.2) is 9.50 Å². The van der Waals surface area contributed by atoms with E-state index < -0.39 is 0 Å². The fourth-order valence-corrected chi connectivity index (χ4v) is 1.99. The van der Waals surface area contributed by atoms with Crippen LogP contribution in [0.1, 0.15) is 0 Å². The molecule has 0 atom stereocenters. The van der Waals surface area contributed by atoms with Crippen molar-refractivity contribution in [1.29, 1.82) is 0 Å². The van der Waals surface area contributed by atoms with Gasteiger partial charge in [0.05, 0.1) is 11.9 Å². The Bertz CT molecular complexity index is 580. The first kappa shape index (κ1) is 8.73. The van der Waals surface area contributed by atoms with Crippen LogP contribution in [0.25, 0.3) is 16.9 Å². The maximum Gasteiger partial charge on any atom is 0.153 e. The minimum atomic E-state index is 0.935. The maximum absolute atomic E-state index is 4.49. The minimum Gasteiger partial charge on any atom is -0.300 e. The predicted molar refractivity (Wildman–Crippen MR) is 62.7 cm³/mol. The van der Waals surface area contributed by atoms with Crippen molar-refractivity contribution >= 4 is 21.6 Å². The fraction of sp³-hybridized carbons (Fsp3) is 0. The molecule has 0 aliphatic heterocycles. The van der Waals surface area contributed by atoms with Crippen LogP contribution < -0.4 is 0 Å². The molecule has 0 amide bonds. The zero-order valence-electron chi connectivity index (χ0n) is 7.81. The quantitative estimate of drug-likeness (QED) is 0.718. The number of H-pyrrole nitrogens is 1. The van der Waals surface area contributed by atoms with Crippen LogP contribution in [0.5, 0.6) is 0 Å². The summed E-state index contributed by atoms with van der Waals surface area (Å²) in [5, 5.41) is 3.07. The first-order valence-electron chi connectivity index (χ1n) is 4.61. The second-order valence-electron chi connectivity index (χ2n) is 3.33. The molecular formula is C11H8BrN3. The van der Waals surface area contributed by atoms with E-state index in [0.717, 1.165) is 21.4 Å². The number of fused-ring (bicyclic) bond motifs is 1. The van der Waals surface area contributed by atoms with Crippen molar-refractivity contribution in [2.45, 2.75) is 0 Å². The molecule has 0 unspecified atom stereocenters. The predicted octanol–water partition coefficient (Wildman–Crippen LogP) is 3.09. The molecule has 1 aromatic carbocycles. The van der Waals surface area contributed by atoms with Gasteiger partial charge in [0.1, 0.15) is 0 Å². The fourth-order valence-electron chi connectivity index (χ4n) is 1.59. The van der Waals surface area contributed by atoms with Crippen LogP contribution in [0.2, 0.25) is 0 Å². The summed E-state index contributed by atoms with van der Waals surface area (Å²) in [6.45, 7) is 0. The Balaban J connectivity index is 2.17. The van der Waals surface area contributed by atoms with E-state index in [1.54, 1.807) is 0 Å². The third-order valence-electron chi connectivity index (χ3n) is 2.30. The lowest BCUT2D eigenvalue weighted by molar-refractivity contribution is 0.974. The lowest BCUT2D eigenvalue weighted by Crippen LogP contribution is -1.78. The van der Waals surface area contributed by atoms with Crippen molar-refractivity contribution in [1.82, 2.24) is 14.6 Å².